The third kappa shape index (κ3) is 5.94. The highest BCUT2D eigenvalue weighted by Gasteiger charge is 2.03. The molecule has 0 spiro atoms. The van der Waals surface area contributed by atoms with Crippen molar-refractivity contribution in [1.29, 1.82) is 0 Å². The molecule has 1 atom stereocenters. The Kier molecular flexibility index (Phi) is 5.97. The molecule has 1 heteroatoms. The van der Waals surface area contributed by atoms with E-state index in [1.54, 1.807) is 0 Å². The van der Waals surface area contributed by atoms with Crippen molar-refractivity contribution in [3.63, 3.8) is 0 Å². The van der Waals surface area contributed by atoms with Crippen LogP contribution < -0.4 is 5.32 Å². The van der Waals surface area contributed by atoms with Gasteiger partial charge in [0.05, 0.1) is 6.04 Å². The van der Waals surface area contributed by atoms with Gasteiger partial charge in [0.15, 0.2) is 0 Å². The Morgan fingerprint density at radius 2 is 2.00 bits per heavy atom. The molecule has 0 aromatic carbocycles. The van der Waals surface area contributed by atoms with Crippen LogP contribution in [0.3, 0.4) is 0 Å². The summed E-state index contributed by atoms with van der Waals surface area (Å²) in [6.45, 7) is 7.49. The van der Waals surface area contributed by atoms with E-state index in [4.69, 9.17) is 6.42 Å². The van der Waals surface area contributed by atoms with Crippen LogP contribution in [0.25, 0.3) is 0 Å². The first kappa shape index (κ1) is 10.5. The Morgan fingerprint density at radius 1 is 1.36 bits per heavy atom. The predicted molar refractivity (Wildman–Crippen MR) is 50.4 cm³/mol. The molecule has 0 aliphatic carbocycles. The monoisotopic (exact) mass is 153 g/mol. The van der Waals surface area contributed by atoms with E-state index in [-0.39, 0.29) is 6.04 Å². The summed E-state index contributed by atoms with van der Waals surface area (Å²) in [5.41, 5.74) is 0. The summed E-state index contributed by atoms with van der Waals surface area (Å²) in [5.74, 6) is 3.50. The van der Waals surface area contributed by atoms with Crippen molar-refractivity contribution < 1.29 is 0 Å². The van der Waals surface area contributed by atoms with Crippen molar-refractivity contribution in [3.05, 3.63) is 0 Å². The number of terminal acetylenes is 1. The fourth-order valence-corrected chi connectivity index (χ4v) is 0.991. The maximum absolute atomic E-state index is 5.33. The molecule has 1 unspecified atom stereocenters. The molecular weight excluding hydrogens is 134 g/mol. The van der Waals surface area contributed by atoms with Gasteiger partial charge in [-0.15, -0.1) is 6.42 Å². The molecule has 0 radical (unpaired) electrons. The van der Waals surface area contributed by atoms with E-state index in [0.717, 1.165) is 18.9 Å². The van der Waals surface area contributed by atoms with E-state index in [2.05, 4.69) is 32.0 Å². The highest BCUT2D eigenvalue weighted by molar-refractivity contribution is 4.98. The van der Waals surface area contributed by atoms with Gasteiger partial charge in [-0.1, -0.05) is 26.7 Å². The van der Waals surface area contributed by atoms with Gasteiger partial charge >= 0.3 is 0 Å². The third-order valence-corrected chi connectivity index (χ3v) is 1.68. The molecule has 0 amide bonds. The molecule has 0 heterocycles. The second kappa shape index (κ2) is 6.24. The van der Waals surface area contributed by atoms with Crippen molar-refractivity contribution in [3.8, 4) is 12.3 Å². The normalized spacial score (nSPS) is 13.0. The minimum Gasteiger partial charge on any atom is -0.304 e. The fraction of sp³-hybridized carbons (Fsp3) is 0.800. The van der Waals surface area contributed by atoms with Crippen LogP contribution in [0.5, 0.6) is 0 Å². The standard InChI is InChI=1S/C10H19N/c1-5-10(11-6-2)8-7-9(3)4/h1,9-11H,6-8H2,2-4H3. The van der Waals surface area contributed by atoms with Gasteiger partial charge in [-0.25, -0.2) is 0 Å². The van der Waals surface area contributed by atoms with E-state index < -0.39 is 0 Å². The second-order valence-corrected chi connectivity index (χ2v) is 3.25. The van der Waals surface area contributed by atoms with Gasteiger partial charge in [0.2, 0.25) is 0 Å². The van der Waals surface area contributed by atoms with Crippen LogP contribution >= 0.6 is 0 Å². The molecule has 0 saturated carbocycles. The Balaban J connectivity index is 3.46. The zero-order valence-electron chi connectivity index (χ0n) is 7.85. The van der Waals surface area contributed by atoms with Crippen LogP contribution in [0, 0.1) is 18.3 Å². The summed E-state index contributed by atoms with van der Waals surface area (Å²) in [7, 11) is 0. The maximum Gasteiger partial charge on any atom is 0.0686 e. The summed E-state index contributed by atoms with van der Waals surface area (Å²) >= 11 is 0. The Morgan fingerprint density at radius 3 is 2.36 bits per heavy atom. The third-order valence-electron chi connectivity index (χ3n) is 1.68. The molecule has 0 aliphatic rings. The summed E-state index contributed by atoms with van der Waals surface area (Å²) in [4.78, 5) is 0. The molecule has 0 aliphatic heterocycles. The maximum atomic E-state index is 5.33. The SMILES string of the molecule is C#CC(CCC(C)C)NCC. The molecule has 1 nitrogen and oxygen atoms in total. The van der Waals surface area contributed by atoms with E-state index >= 15 is 0 Å². The van der Waals surface area contributed by atoms with Crippen molar-refractivity contribution in [2.24, 2.45) is 5.92 Å². The summed E-state index contributed by atoms with van der Waals surface area (Å²) < 4.78 is 0. The molecule has 0 fully saturated rings. The first-order valence-electron chi connectivity index (χ1n) is 4.40. The summed E-state index contributed by atoms with van der Waals surface area (Å²) in [5, 5.41) is 3.25. The lowest BCUT2D eigenvalue weighted by Crippen LogP contribution is -2.27. The quantitative estimate of drug-likeness (QED) is 0.596. The molecule has 0 aromatic rings. The van der Waals surface area contributed by atoms with E-state index in [9.17, 15) is 0 Å². The minimum absolute atomic E-state index is 0.280. The van der Waals surface area contributed by atoms with Crippen LogP contribution in [0.2, 0.25) is 0 Å². The van der Waals surface area contributed by atoms with Gasteiger partial charge in [0.1, 0.15) is 0 Å². The van der Waals surface area contributed by atoms with Crippen molar-refractivity contribution in [2.75, 3.05) is 6.54 Å². The van der Waals surface area contributed by atoms with Crippen LogP contribution in [0.4, 0.5) is 0 Å². The molecule has 0 rings (SSSR count). The Bertz CT molecular complexity index is 121. The average Bonchev–Trinajstić information content (AvgIpc) is 1.97. The van der Waals surface area contributed by atoms with Gasteiger partial charge in [-0.2, -0.15) is 0 Å². The fourth-order valence-electron chi connectivity index (χ4n) is 0.991. The molecule has 1 N–H and O–H groups in total. The molecule has 11 heavy (non-hydrogen) atoms. The number of hydrogen-bond donors (Lipinski definition) is 1. The van der Waals surface area contributed by atoms with Gasteiger partial charge < -0.3 is 5.32 Å². The van der Waals surface area contributed by atoms with E-state index in [1.807, 2.05) is 0 Å². The second-order valence-electron chi connectivity index (χ2n) is 3.25. The molecule has 64 valence electrons. The van der Waals surface area contributed by atoms with Crippen molar-refractivity contribution in [1.82, 2.24) is 5.32 Å². The topological polar surface area (TPSA) is 12.0 Å². The van der Waals surface area contributed by atoms with Crippen molar-refractivity contribution in [2.45, 2.75) is 39.7 Å². The Labute approximate surface area is 70.6 Å². The van der Waals surface area contributed by atoms with Crippen molar-refractivity contribution >= 4 is 0 Å². The lowest BCUT2D eigenvalue weighted by molar-refractivity contribution is 0.493. The number of nitrogens with one attached hydrogen (secondary N) is 1. The molecule has 0 aromatic heterocycles. The average molecular weight is 153 g/mol. The molecule has 0 bridgehead atoms. The first-order valence-corrected chi connectivity index (χ1v) is 4.40. The van der Waals surface area contributed by atoms with Gasteiger partial charge in [-0.05, 0) is 25.3 Å². The lowest BCUT2D eigenvalue weighted by Gasteiger charge is -2.12. The molecular formula is C10H19N. The van der Waals surface area contributed by atoms with E-state index in [0.29, 0.717) is 0 Å². The van der Waals surface area contributed by atoms with Crippen LogP contribution in [-0.4, -0.2) is 12.6 Å². The van der Waals surface area contributed by atoms with Gasteiger partial charge in [0, 0.05) is 0 Å². The zero-order chi connectivity index (χ0) is 8.69. The summed E-state index contributed by atoms with van der Waals surface area (Å²) in [6.07, 6.45) is 7.64. The highest BCUT2D eigenvalue weighted by atomic mass is 14.9. The highest BCUT2D eigenvalue weighted by Crippen LogP contribution is 2.05. The number of rotatable bonds is 5. The van der Waals surface area contributed by atoms with Crippen LogP contribution in [0.1, 0.15) is 33.6 Å². The smallest absolute Gasteiger partial charge is 0.0686 e. The van der Waals surface area contributed by atoms with Crippen LogP contribution in [0.15, 0.2) is 0 Å². The van der Waals surface area contributed by atoms with Gasteiger partial charge in [0.25, 0.3) is 0 Å². The molecule has 0 saturated heterocycles. The van der Waals surface area contributed by atoms with Crippen LogP contribution in [-0.2, 0) is 0 Å². The largest absolute Gasteiger partial charge is 0.304 e. The van der Waals surface area contributed by atoms with E-state index in [1.165, 1.54) is 6.42 Å². The number of hydrogen-bond acceptors (Lipinski definition) is 1. The minimum atomic E-state index is 0.280. The zero-order valence-corrected chi connectivity index (χ0v) is 7.85. The predicted octanol–water partition coefficient (Wildman–Crippen LogP) is 2.03. The van der Waals surface area contributed by atoms with Gasteiger partial charge in [-0.3, -0.25) is 0 Å². The first-order chi connectivity index (χ1) is 5.20. The lowest BCUT2D eigenvalue weighted by atomic mass is 10.0. The summed E-state index contributed by atoms with van der Waals surface area (Å²) in [6, 6.07) is 0.280. The Hall–Kier alpha value is -0.480.